The third kappa shape index (κ3) is 2.41. The normalized spacial score (nSPS) is 33.4. The summed E-state index contributed by atoms with van der Waals surface area (Å²) in [6, 6.07) is 0. The first-order chi connectivity index (χ1) is 8.70. The van der Waals surface area contributed by atoms with Gasteiger partial charge in [-0.2, -0.15) is 0 Å². The van der Waals surface area contributed by atoms with Gasteiger partial charge in [-0.05, 0) is 33.1 Å². The largest absolute Gasteiger partial charge is 0.468 e. The second-order valence-corrected chi connectivity index (χ2v) is 6.35. The molecule has 0 aromatic carbocycles. The molecule has 1 heterocycles. The molecule has 3 atom stereocenters. The van der Waals surface area contributed by atoms with Gasteiger partial charge in [-0.3, -0.25) is 4.79 Å². The molecule has 0 spiro atoms. The Morgan fingerprint density at radius 2 is 1.95 bits per heavy atom. The molecule has 1 aliphatic heterocycles. The molecule has 2 N–H and O–H groups in total. The van der Waals surface area contributed by atoms with Crippen LogP contribution in [0.25, 0.3) is 0 Å². The minimum atomic E-state index is -0.911. The number of carbonyl (C=O) groups is 2. The predicted octanol–water partition coefficient (Wildman–Crippen LogP) is 0.744. The number of hydrogen-bond donors (Lipinski definition) is 1. The Hall–Kier alpha value is -1.30. The number of carbonyl (C=O) groups excluding carboxylic acids is 2. The van der Waals surface area contributed by atoms with Gasteiger partial charge in [0.2, 0.25) is 0 Å². The number of nitrogens with zero attached hydrogens (tertiary/aromatic N) is 1. The van der Waals surface area contributed by atoms with Gasteiger partial charge in [-0.1, -0.05) is 0 Å². The molecule has 19 heavy (non-hydrogen) atoms. The molecule has 2 aliphatic rings. The first-order valence-electron chi connectivity index (χ1n) is 6.55. The SMILES string of the molecule is COC(=O)C1(N)C2CCN(C(=O)OC(C)(C)C)CC21. The average molecular weight is 270 g/mol. The lowest BCUT2D eigenvalue weighted by Gasteiger charge is -2.29. The summed E-state index contributed by atoms with van der Waals surface area (Å²) in [5.41, 5.74) is 4.66. The second-order valence-electron chi connectivity index (χ2n) is 6.35. The van der Waals surface area contributed by atoms with Gasteiger partial charge in [-0.15, -0.1) is 0 Å². The Kier molecular flexibility index (Phi) is 3.24. The second kappa shape index (κ2) is 4.37. The van der Waals surface area contributed by atoms with E-state index in [0.717, 1.165) is 6.42 Å². The summed E-state index contributed by atoms with van der Waals surface area (Å²) in [6.07, 6.45) is 0.375. The van der Waals surface area contributed by atoms with Crippen molar-refractivity contribution in [3.63, 3.8) is 0 Å². The highest BCUT2D eigenvalue weighted by atomic mass is 16.6. The van der Waals surface area contributed by atoms with Gasteiger partial charge in [0.05, 0.1) is 7.11 Å². The van der Waals surface area contributed by atoms with Crippen molar-refractivity contribution < 1.29 is 19.1 Å². The minimum absolute atomic E-state index is 0.0128. The van der Waals surface area contributed by atoms with Crippen molar-refractivity contribution in [2.24, 2.45) is 17.6 Å². The minimum Gasteiger partial charge on any atom is -0.468 e. The van der Waals surface area contributed by atoms with Gasteiger partial charge in [0, 0.05) is 19.0 Å². The lowest BCUT2D eigenvalue weighted by Crippen LogP contribution is -2.42. The maximum Gasteiger partial charge on any atom is 0.410 e. The van der Waals surface area contributed by atoms with Crippen LogP contribution in [0.4, 0.5) is 4.79 Å². The van der Waals surface area contributed by atoms with Crippen molar-refractivity contribution >= 4 is 12.1 Å². The lowest BCUT2D eigenvalue weighted by atomic mass is 10.1. The Morgan fingerprint density at radius 3 is 2.47 bits per heavy atom. The third-order valence-corrected chi connectivity index (χ3v) is 3.92. The number of methoxy groups -OCH3 is 1. The Bertz CT molecular complexity index is 404. The summed E-state index contributed by atoms with van der Waals surface area (Å²) in [7, 11) is 1.34. The van der Waals surface area contributed by atoms with Crippen molar-refractivity contribution in [1.82, 2.24) is 4.90 Å². The summed E-state index contributed by atoms with van der Waals surface area (Å²) in [4.78, 5) is 25.3. The highest BCUT2D eigenvalue weighted by Crippen LogP contribution is 2.54. The summed E-state index contributed by atoms with van der Waals surface area (Å²) in [5.74, 6) is -0.270. The zero-order chi connectivity index (χ0) is 14.4. The molecule has 1 aliphatic carbocycles. The molecule has 0 aromatic rings. The van der Waals surface area contributed by atoms with Crippen LogP contribution >= 0.6 is 0 Å². The highest BCUT2D eigenvalue weighted by molar-refractivity contribution is 5.86. The van der Waals surface area contributed by atoms with E-state index in [2.05, 4.69) is 0 Å². The third-order valence-electron chi connectivity index (χ3n) is 3.92. The van der Waals surface area contributed by atoms with E-state index in [9.17, 15) is 9.59 Å². The van der Waals surface area contributed by atoms with Crippen LogP contribution in [0, 0.1) is 11.8 Å². The predicted molar refractivity (Wildman–Crippen MR) is 68.3 cm³/mol. The summed E-state index contributed by atoms with van der Waals surface area (Å²) in [6.45, 7) is 6.53. The zero-order valence-electron chi connectivity index (χ0n) is 11.9. The molecular weight excluding hydrogens is 248 g/mol. The zero-order valence-corrected chi connectivity index (χ0v) is 11.9. The molecular formula is C13H22N2O4. The molecule has 0 radical (unpaired) electrons. The summed E-state index contributed by atoms with van der Waals surface area (Å²) in [5, 5.41) is 0. The van der Waals surface area contributed by atoms with E-state index in [-0.39, 0.29) is 23.9 Å². The molecule has 1 saturated heterocycles. The molecule has 2 fully saturated rings. The number of likely N-dealkylation sites (tertiary alicyclic amines) is 1. The fraction of sp³-hybridized carbons (Fsp3) is 0.846. The van der Waals surface area contributed by atoms with Crippen molar-refractivity contribution in [2.75, 3.05) is 20.2 Å². The van der Waals surface area contributed by atoms with Gasteiger partial charge in [0.15, 0.2) is 0 Å². The number of amides is 1. The van der Waals surface area contributed by atoms with Crippen LogP contribution in [-0.2, 0) is 14.3 Å². The van der Waals surface area contributed by atoms with Crippen molar-refractivity contribution in [1.29, 1.82) is 0 Å². The topological polar surface area (TPSA) is 81.9 Å². The van der Waals surface area contributed by atoms with Crippen LogP contribution in [0.1, 0.15) is 27.2 Å². The van der Waals surface area contributed by atoms with E-state index in [4.69, 9.17) is 15.2 Å². The van der Waals surface area contributed by atoms with Crippen LogP contribution in [-0.4, -0.2) is 48.3 Å². The standard InChI is InChI=1S/C13H22N2O4/c1-12(2,3)19-11(17)15-6-5-8-9(7-15)13(8,14)10(16)18-4/h8-9H,5-7,14H2,1-4H3. The molecule has 6 nitrogen and oxygen atoms in total. The fourth-order valence-electron chi connectivity index (χ4n) is 2.88. The van der Waals surface area contributed by atoms with E-state index >= 15 is 0 Å². The van der Waals surface area contributed by atoms with Crippen molar-refractivity contribution in [3.05, 3.63) is 0 Å². The van der Waals surface area contributed by atoms with Crippen LogP contribution in [0.5, 0.6) is 0 Å². The molecule has 1 saturated carbocycles. The van der Waals surface area contributed by atoms with Gasteiger partial charge < -0.3 is 20.1 Å². The highest BCUT2D eigenvalue weighted by Gasteiger charge is 2.69. The Morgan fingerprint density at radius 1 is 1.32 bits per heavy atom. The Labute approximate surface area is 113 Å². The van der Waals surface area contributed by atoms with E-state index in [1.807, 2.05) is 20.8 Å². The quantitative estimate of drug-likeness (QED) is 0.711. The van der Waals surface area contributed by atoms with Gasteiger partial charge in [-0.25, -0.2) is 4.79 Å². The molecule has 1 amide bonds. The van der Waals surface area contributed by atoms with Crippen LogP contribution in [0.2, 0.25) is 0 Å². The first kappa shape index (κ1) is 14.1. The average Bonchev–Trinajstić information content (AvgIpc) is 2.93. The van der Waals surface area contributed by atoms with E-state index in [0.29, 0.717) is 13.1 Å². The van der Waals surface area contributed by atoms with E-state index < -0.39 is 11.1 Å². The van der Waals surface area contributed by atoms with E-state index in [1.165, 1.54) is 7.11 Å². The number of esters is 1. The Balaban J connectivity index is 1.97. The van der Waals surface area contributed by atoms with E-state index in [1.54, 1.807) is 4.90 Å². The molecule has 2 rings (SSSR count). The number of ether oxygens (including phenoxy) is 2. The van der Waals surface area contributed by atoms with Gasteiger partial charge in [0.1, 0.15) is 11.1 Å². The molecule has 6 heteroatoms. The maximum absolute atomic E-state index is 12.0. The summed E-state index contributed by atoms with van der Waals surface area (Å²) >= 11 is 0. The number of fused-ring (bicyclic) bond motifs is 1. The van der Waals surface area contributed by atoms with Crippen LogP contribution in [0.3, 0.4) is 0 Å². The smallest absolute Gasteiger partial charge is 0.410 e. The number of piperidine rings is 1. The number of hydrogen-bond acceptors (Lipinski definition) is 5. The lowest BCUT2D eigenvalue weighted by molar-refractivity contribution is -0.144. The monoisotopic (exact) mass is 270 g/mol. The fourth-order valence-corrected chi connectivity index (χ4v) is 2.88. The summed E-state index contributed by atoms with van der Waals surface area (Å²) < 4.78 is 10.1. The van der Waals surface area contributed by atoms with Gasteiger partial charge >= 0.3 is 12.1 Å². The molecule has 0 aromatic heterocycles. The molecule has 108 valence electrons. The van der Waals surface area contributed by atoms with Crippen LogP contribution in [0.15, 0.2) is 0 Å². The van der Waals surface area contributed by atoms with Crippen molar-refractivity contribution in [3.8, 4) is 0 Å². The molecule has 3 unspecified atom stereocenters. The molecule has 0 bridgehead atoms. The first-order valence-corrected chi connectivity index (χ1v) is 6.55. The van der Waals surface area contributed by atoms with Gasteiger partial charge in [0.25, 0.3) is 0 Å². The maximum atomic E-state index is 12.0. The number of nitrogens with two attached hydrogens (primary N) is 1. The number of rotatable bonds is 1. The van der Waals surface area contributed by atoms with Crippen LogP contribution < -0.4 is 5.73 Å². The van der Waals surface area contributed by atoms with Crippen molar-refractivity contribution in [2.45, 2.75) is 38.3 Å².